The van der Waals surface area contributed by atoms with Crippen LogP contribution in [-0.4, -0.2) is 17.6 Å². The highest BCUT2D eigenvalue weighted by atomic mass is 16.3. The Labute approximate surface area is 115 Å². The van der Waals surface area contributed by atoms with Crippen LogP contribution >= 0.6 is 0 Å². The molecule has 1 aromatic carbocycles. The number of aromatic hydroxyl groups is 1. The fourth-order valence-corrected chi connectivity index (χ4v) is 2.10. The molecule has 1 aromatic rings. The van der Waals surface area contributed by atoms with Gasteiger partial charge in [-0.15, -0.1) is 0 Å². The molecule has 4 N–H and O–H groups in total. The van der Waals surface area contributed by atoms with Crippen LogP contribution in [-0.2, 0) is 4.79 Å². The van der Waals surface area contributed by atoms with E-state index in [2.05, 4.69) is 12.2 Å². The number of para-hydroxylation sites is 1. The number of hydrogen-bond acceptors (Lipinski definition) is 3. The monoisotopic (exact) mass is 264 g/mol. The van der Waals surface area contributed by atoms with Crippen LogP contribution in [0.3, 0.4) is 0 Å². The van der Waals surface area contributed by atoms with Gasteiger partial charge in [-0.3, -0.25) is 4.79 Å². The van der Waals surface area contributed by atoms with Gasteiger partial charge in [-0.2, -0.15) is 0 Å². The summed E-state index contributed by atoms with van der Waals surface area (Å²) in [6.07, 6.45) is 3.30. The summed E-state index contributed by atoms with van der Waals surface area (Å²) in [6, 6.07) is 5.32. The molecule has 1 atom stereocenters. The molecule has 4 heteroatoms. The summed E-state index contributed by atoms with van der Waals surface area (Å²) >= 11 is 0. The van der Waals surface area contributed by atoms with E-state index < -0.39 is 0 Å². The number of carbonyl (C=O) groups excluding carboxylic acids is 1. The van der Waals surface area contributed by atoms with Crippen LogP contribution in [0, 0.1) is 12.8 Å². The number of carbonyl (C=O) groups is 1. The molecule has 0 heterocycles. The molecule has 0 spiro atoms. The van der Waals surface area contributed by atoms with Gasteiger partial charge in [-0.1, -0.05) is 25.5 Å². The van der Waals surface area contributed by atoms with E-state index in [1.165, 1.54) is 0 Å². The third-order valence-corrected chi connectivity index (χ3v) is 3.44. The summed E-state index contributed by atoms with van der Waals surface area (Å²) in [5, 5.41) is 12.6. The van der Waals surface area contributed by atoms with Gasteiger partial charge in [0.15, 0.2) is 0 Å². The Hall–Kier alpha value is -1.55. The molecule has 19 heavy (non-hydrogen) atoms. The Morgan fingerprint density at radius 2 is 2.16 bits per heavy atom. The van der Waals surface area contributed by atoms with E-state index in [0.717, 1.165) is 24.8 Å². The topological polar surface area (TPSA) is 75.4 Å². The van der Waals surface area contributed by atoms with Crippen molar-refractivity contribution in [2.24, 2.45) is 11.7 Å². The molecule has 0 aliphatic rings. The number of phenolic OH excluding ortho intramolecular Hbond substituents is 1. The lowest BCUT2D eigenvalue weighted by molar-refractivity contribution is -0.116. The van der Waals surface area contributed by atoms with Gasteiger partial charge in [0.2, 0.25) is 5.91 Å². The average molecular weight is 264 g/mol. The first-order valence-electron chi connectivity index (χ1n) is 6.87. The van der Waals surface area contributed by atoms with Crippen molar-refractivity contribution in [3.63, 3.8) is 0 Å². The molecule has 1 amide bonds. The van der Waals surface area contributed by atoms with E-state index >= 15 is 0 Å². The normalized spacial score (nSPS) is 12.2. The fraction of sp³-hybridized carbons (Fsp3) is 0.533. The van der Waals surface area contributed by atoms with Crippen molar-refractivity contribution in [3.8, 4) is 5.75 Å². The van der Waals surface area contributed by atoms with Gasteiger partial charge in [0.1, 0.15) is 5.75 Å². The van der Waals surface area contributed by atoms with Crippen LogP contribution in [0.1, 0.15) is 38.2 Å². The van der Waals surface area contributed by atoms with Gasteiger partial charge in [-0.05, 0) is 43.9 Å². The minimum Gasteiger partial charge on any atom is -0.505 e. The second-order valence-corrected chi connectivity index (χ2v) is 4.91. The van der Waals surface area contributed by atoms with Crippen molar-refractivity contribution in [2.75, 3.05) is 11.9 Å². The first-order valence-corrected chi connectivity index (χ1v) is 6.87. The molecule has 106 valence electrons. The fourth-order valence-electron chi connectivity index (χ4n) is 2.10. The summed E-state index contributed by atoms with van der Waals surface area (Å²) in [5.74, 6) is 0.586. The second kappa shape index (κ2) is 7.79. The van der Waals surface area contributed by atoms with Crippen LogP contribution in [0.4, 0.5) is 5.69 Å². The molecular weight excluding hydrogens is 240 g/mol. The third kappa shape index (κ3) is 4.91. The molecule has 1 rings (SSSR count). The van der Waals surface area contributed by atoms with Crippen molar-refractivity contribution in [3.05, 3.63) is 23.8 Å². The molecular formula is C15H24N2O2. The quantitative estimate of drug-likeness (QED) is 0.663. The number of hydrogen-bond donors (Lipinski definition) is 3. The highest BCUT2D eigenvalue weighted by molar-refractivity contribution is 5.92. The van der Waals surface area contributed by atoms with E-state index in [1.807, 2.05) is 6.07 Å². The molecule has 0 aliphatic heterocycles. The number of aryl methyl sites for hydroxylation is 1. The van der Waals surface area contributed by atoms with E-state index in [-0.39, 0.29) is 11.7 Å². The first kappa shape index (κ1) is 15.5. The van der Waals surface area contributed by atoms with Gasteiger partial charge in [0, 0.05) is 6.42 Å². The lowest BCUT2D eigenvalue weighted by atomic mass is 9.96. The van der Waals surface area contributed by atoms with Crippen molar-refractivity contribution < 1.29 is 9.90 Å². The maximum Gasteiger partial charge on any atom is 0.224 e. The molecule has 4 nitrogen and oxygen atoms in total. The highest BCUT2D eigenvalue weighted by Crippen LogP contribution is 2.26. The Morgan fingerprint density at radius 3 is 2.79 bits per heavy atom. The molecule has 0 aromatic heterocycles. The highest BCUT2D eigenvalue weighted by Gasteiger charge is 2.11. The van der Waals surface area contributed by atoms with Crippen molar-refractivity contribution >= 4 is 11.6 Å². The Morgan fingerprint density at radius 1 is 1.42 bits per heavy atom. The van der Waals surface area contributed by atoms with Gasteiger partial charge in [0.05, 0.1) is 5.69 Å². The summed E-state index contributed by atoms with van der Waals surface area (Å²) in [7, 11) is 0. The summed E-state index contributed by atoms with van der Waals surface area (Å²) in [4.78, 5) is 11.8. The maximum atomic E-state index is 11.8. The molecule has 0 saturated heterocycles. The van der Waals surface area contributed by atoms with Gasteiger partial charge >= 0.3 is 0 Å². The predicted octanol–water partition coefficient (Wildman–Crippen LogP) is 2.79. The summed E-state index contributed by atoms with van der Waals surface area (Å²) in [6.45, 7) is 4.59. The molecule has 1 unspecified atom stereocenters. The van der Waals surface area contributed by atoms with E-state index in [1.54, 1.807) is 19.1 Å². The zero-order valence-electron chi connectivity index (χ0n) is 11.8. The van der Waals surface area contributed by atoms with E-state index in [9.17, 15) is 9.90 Å². The molecule has 0 fully saturated rings. The largest absolute Gasteiger partial charge is 0.505 e. The van der Waals surface area contributed by atoms with Gasteiger partial charge in [0.25, 0.3) is 0 Å². The van der Waals surface area contributed by atoms with Crippen molar-refractivity contribution in [1.29, 1.82) is 0 Å². The Kier molecular flexibility index (Phi) is 6.36. The maximum absolute atomic E-state index is 11.8. The summed E-state index contributed by atoms with van der Waals surface area (Å²) in [5.41, 5.74) is 6.78. The van der Waals surface area contributed by atoms with Gasteiger partial charge < -0.3 is 16.2 Å². The van der Waals surface area contributed by atoms with Crippen LogP contribution in [0.2, 0.25) is 0 Å². The predicted molar refractivity (Wildman–Crippen MR) is 78.2 cm³/mol. The van der Waals surface area contributed by atoms with Crippen molar-refractivity contribution in [1.82, 2.24) is 0 Å². The number of benzene rings is 1. The lowest BCUT2D eigenvalue weighted by Gasteiger charge is -2.13. The average Bonchev–Trinajstić information content (AvgIpc) is 2.40. The number of rotatable bonds is 7. The molecule has 0 saturated carbocycles. The second-order valence-electron chi connectivity index (χ2n) is 4.91. The zero-order valence-corrected chi connectivity index (χ0v) is 11.8. The minimum absolute atomic E-state index is 0.0589. The number of phenols is 1. The standard InChI is InChI=1S/C15H24N2O2/c1-3-12(9-10-16)7-8-14(18)17-13-6-4-5-11(2)15(13)19/h4-6,12,19H,3,7-10,16H2,1-2H3,(H,17,18). The van der Waals surface area contributed by atoms with Crippen molar-refractivity contribution in [2.45, 2.75) is 39.5 Å². The van der Waals surface area contributed by atoms with E-state index in [0.29, 0.717) is 24.6 Å². The van der Waals surface area contributed by atoms with Crippen LogP contribution in [0.5, 0.6) is 5.75 Å². The smallest absolute Gasteiger partial charge is 0.224 e. The Balaban J connectivity index is 2.49. The first-order chi connectivity index (χ1) is 9.08. The molecule has 0 radical (unpaired) electrons. The Bertz CT molecular complexity index is 419. The SMILES string of the molecule is CCC(CCN)CCC(=O)Nc1cccc(C)c1O. The van der Waals surface area contributed by atoms with Crippen LogP contribution < -0.4 is 11.1 Å². The zero-order chi connectivity index (χ0) is 14.3. The lowest BCUT2D eigenvalue weighted by Crippen LogP contribution is -2.15. The number of amides is 1. The van der Waals surface area contributed by atoms with E-state index in [4.69, 9.17) is 5.73 Å². The summed E-state index contributed by atoms with van der Waals surface area (Å²) < 4.78 is 0. The third-order valence-electron chi connectivity index (χ3n) is 3.44. The minimum atomic E-state index is -0.0589. The van der Waals surface area contributed by atoms with Gasteiger partial charge in [-0.25, -0.2) is 0 Å². The molecule has 0 bridgehead atoms. The van der Waals surface area contributed by atoms with Crippen LogP contribution in [0.15, 0.2) is 18.2 Å². The molecule has 0 aliphatic carbocycles. The number of anilines is 1. The van der Waals surface area contributed by atoms with Crippen LogP contribution in [0.25, 0.3) is 0 Å². The number of nitrogens with two attached hydrogens (primary N) is 1. The number of nitrogens with one attached hydrogen (secondary N) is 1.